The molecule has 1 atom stereocenters. The molecule has 1 unspecified atom stereocenters. The molecule has 1 N–H and O–H groups in total. The van der Waals surface area contributed by atoms with Gasteiger partial charge in [-0.15, -0.1) is 0 Å². The van der Waals surface area contributed by atoms with E-state index in [1.807, 2.05) is 0 Å². The topological polar surface area (TPSA) is 65.0 Å². The van der Waals surface area contributed by atoms with Crippen molar-refractivity contribution in [1.29, 1.82) is 0 Å². The van der Waals surface area contributed by atoms with E-state index in [9.17, 15) is 14.2 Å². The number of methoxy groups -OCH3 is 1. The van der Waals surface area contributed by atoms with Crippen molar-refractivity contribution in [1.82, 2.24) is 0 Å². The molecule has 7 heteroatoms. The van der Waals surface area contributed by atoms with E-state index in [0.29, 0.717) is 12.1 Å². The number of rotatable bonds is 5. The van der Waals surface area contributed by atoms with Crippen molar-refractivity contribution in [3.8, 4) is 5.75 Å². The Hall–Kier alpha value is -1.86. The molecule has 1 aliphatic heterocycles. The second-order valence-corrected chi connectivity index (χ2v) is 4.59. The first-order valence-corrected chi connectivity index (χ1v) is 6.54. The third-order valence-corrected chi connectivity index (χ3v) is 3.26. The summed E-state index contributed by atoms with van der Waals surface area (Å²) in [5.74, 6) is -1.10. The summed E-state index contributed by atoms with van der Waals surface area (Å²) in [5.41, 5.74) is 0.667. The van der Waals surface area contributed by atoms with Crippen molar-refractivity contribution in [2.45, 2.75) is 19.4 Å². The molecule has 0 fully saturated rings. The quantitative estimate of drug-likeness (QED) is 0.500. The lowest BCUT2D eigenvalue weighted by Gasteiger charge is -2.15. The van der Waals surface area contributed by atoms with Gasteiger partial charge in [-0.25, -0.2) is 9.18 Å². The third-order valence-electron chi connectivity index (χ3n) is 3.26. The first-order valence-electron chi connectivity index (χ1n) is 6.54. The van der Waals surface area contributed by atoms with E-state index < -0.39 is 25.0 Å². The van der Waals surface area contributed by atoms with E-state index in [4.69, 9.17) is 9.39 Å². The van der Waals surface area contributed by atoms with Gasteiger partial charge < -0.3 is 19.2 Å². The molecular formula is C14H16BFO5. The highest BCUT2D eigenvalue weighted by Gasteiger charge is 2.39. The number of carbonyl (C=O) groups excluding carboxylic acids is 1. The molecule has 0 spiro atoms. The molecule has 1 aromatic carbocycles. The van der Waals surface area contributed by atoms with Gasteiger partial charge in [-0.05, 0) is 18.5 Å². The van der Waals surface area contributed by atoms with Crippen molar-refractivity contribution < 1.29 is 28.3 Å². The smallest absolute Gasteiger partial charge is 0.491 e. The summed E-state index contributed by atoms with van der Waals surface area (Å²) >= 11 is 0. The van der Waals surface area contributed by atoms with Crippen LogP contribution in [0.15, 0.2) is 24.3 Å². The predicted octanol–water partition coefficient (Wildman–Crippen LogP) is 1.10. The van der Waals surface area contributed by atoms with Crippen LogP contribution in [0.1, 0.15) is 25.0 Å². The molecule has 0 saturated carbocycles. The van der Waals surface area contributed by atoms with Crippen LogP contribution in [0.4, 0.5) is 4.39 Å². The van der Waals surface area contributed by atoms with Crippen molar-refractivity contribution in [2.24, 2.45) is 0 Å². The van der Waals surface area contributed by atoms with Crippen molar-refractivity contribution in [3.05, 3.63) is 35.7 Å². The molecule has 21 heavy (non-hydrogen) atoms. The van der Waals surface area contributed by atoms with Crippen LogP contribution >= 0.6 is 0 Å². The molecule has 0 bridgehead atoms. The Kier molecular flexibility index (Phi) is 4.64. The molecule has 0 saturated heterocycles. The Morgan fingerprint density at radius 2 is 2.29 bits per heavy atom. The number of benzene rings is 1. The van der Waals surface area contributed by atoms with Crippen LogP contribution in [0.25, 0.3) is 0 Å². The Labute approximate surface area is 122 Å². The number of carbonyl (C=O) groups is 1. The van der Waals surface area contributed by atoms with Crippen molar-refractivity contribution >= 4 is 18.6 Å². The zero-order valence-corrected chi connectivity index (χ0v) is 11.9. The Balaban J connectivity index is 2.32. The minimum atomic E-state index is -1.24. The van der Waals surface area contributed by atoms with Crippen LogP contribution in [0.2, 0.25) is 0 Å². The first kappa shape index (κ1) is 15.5. The summed E-state index contributed by atoms with van der Waals surface area (Å²) in [7, 11) is 0.000170. The summed E-state index contributed by atoms with van der Waals surface area (Å²) in [5, 5.41) is 9.83. The Bertz CT molecular complexity index is 575. The summed E-state index contributed by atoms with van der Waals surface area (Å²) in [6.45, 7) is 5.65. The van der Waals surface area contributed by atoms with Crippen LogP contribution in [0.5, 0.6) is 5.75 Å². The van der Waals surface area contributed by atoms with Gasteiger partial charge in [0, 0.05) is 17.6 Å². The fraction of sp³-hybridized carbons (Fsp3) is 0.357. The average Bonchev–Trinajstić information content (AvgIpc) is 2.78. The summed E-state index contributed by atoms with van der Waals surface area (Å²) in [4.78, 5) is 11.4. The maximum atomic E-state index is 14.5. The fourth-order valence-electron chi connectivity index (χ4n) is 2.30. The lowest BCUT2D eigenvalue weighted by atomic mass is 9.79. The molecule has 0 radical (unpaired) electrons. The molecule has 0 amide bonds. The second-order valence-electron chi connectivity index (χ2n) is 4.59. The highest BCUT2D eigenvalue weighted by molar-refractivity contribution is 6.61. The number of ether oxygens (including phenoxy) is 2. The molecule has 1 heterocycles. The first-order chi connectivity index (χ1) is 9.99. The van der Waals surface area contributed by atoms with Crippen LogP contribution in [0, 0.1) is 5.82 Å². The van der Waals surface area contributed by atoms with Gasteiger partial charge in [0.25, 0.3) is 0 Å². The van der Waals surface area contributed by atoms with E-state index in [-0.39, 0.29) is 23.3 Å². The van der Waals surface area contributed by atoms with E-state index in [2.05, 4.69) is 11.3 Å². The molecule has 1 aromatic rings. The van der Waals surface area contributed by atoms with Gasteiger partial charge in [-0.3, -0.25) is 0 Å². The van der Waals surface area contributed by atoms with Gasteiger partial charge in [-0.2, -0.15) is 0 Å². The number of esters is 1. The summed E-state index contributed by atoms with van der Waals surface area (Å²) < 4.78 is 29.5. The normalized spacial score (nSPS) is 16.6. The molecule has 0 aliphatic carbocycles. The van der Waals surface area contributed by atoms with E-state index in [0.717, 1.165) is 0 Å². The van der Waals surface area contributed by atoms with Crippen LogP contribution in [-0.4, -0.2) is 31.8 Å². The van der Waals surface area contributed by atoms with Gasteiger partial charge in [0.15, 0.2) is 11.6 Å². The fourth-order valence-corrected chi connectivity index (χ4v) is 2.30. The van der Waals surface area contributed by atoms with Crippen molar-refractivity contribution in [3.63, 3.8) is 0 Å². The van der Waals surface area contributed by atoms with Crippen LogP contribution in [0.3, 0.4) is 0 Å². The molecule has 2 rings (SSSR count). The largest absolute Gasteiger partial charge is 0.492 e. The monoisotopic (exact) mass is 294 g/mol. The highest BCUT2D eigenvalue weighted by atomic mass is 19.1. The number of fused-ring (bicyclic) bond motifs is 1. The molecular weight excluding hydrogens is 278 g/mol. The summed E-state index contributed by atoms with van der Waals surface area (Å²) in [6, 6.07) is 3.00. The van der Waals surface area contributed by atoms with Gasteiger partial charge in [-0.1, -0.05) is 12.6 Å². The molecule has 112 valence electrons. The van der Waals surface area contributed by atoms with E-state index in [1.54, 1.807) is 13.0 Å². The molecule has 0 aromatic heterocycles. The van der Waals surface area contributed by atoms with Crippen LogP contribution < -0.4 is 10.2 Å². The second kappa shape index (κ2) is 6.28. The lowest BCUT2D eigenvalue weighted by Crippen LogP contribution is -2.28. The van der Waals surface area contributed by atoms with E-state index in [1.165, 1.54) is 13.2 Å². The standard InChI is InChI=1S/C14H16BFO5/c1-4-20-10-6-5-9-12(13(10)16)11(21-15(9)18)7-8(2)14(17)19-3/h5-6,11,18H,2,4,7H2,1,3H3. The van der Waals surface area contributed by atoms with Gasteiger partial charge in [0.05, 0.1) is 19.8 Å². The number of hydrogen-bond acceptors (Lipinski definition) is 5. The van der Waals surface area contributed by atoms with Crippen LogP contribution in [-0.2, 0) is 14.2 Å². The number of hydrogen-bond donors (Lipinski definition) is 1. The SMILES string of the molecule is C=C(CC1OB(O)c2ccc(OCC)c(F)c21)C(=O)OC. The summed E-state index contributed by atoms with van der Waals surface area (Å²) in [6.07, 6.45) is -0.773. The Morgan fingerprint density at radius 3 is 2.90 bits per heavy atom. The molecule has 5 nitrogen and oxygen atoms in total. The minimum absolute atomic E-state index is 0.0310. The third kappa shape index (κ3) is 2.93. The predicted molar refractivity (Wildman–Crippen MR) is 74.8 cm³/mol. The van der Waals surface area contributed by atoms with Gasteiger partial charge in [0.1, 0.15) is 0 Å². The average molecular weight is 294 g/mol. The molecule has 1 aliphatic rings. The maximum absolute atomic E-state index is 14.5. The van der Waals surface area contributed by atoms with Crippen molar-refractivity contribution in [2.75, 3.05) is 13.7 Å². The minimum Gasteiger partial charge on any atom is -0.491 e. The lowest BCUT2D eigenvalue weighted by molar-refractivity contribution is -0.136. The Morgan fingerprint density at radius 1 is 1.57 bits per heavy atom. The highest BCUT2D eigenvalue weighted by Crippen LogP contribution is 2.34. The zero-order valence-electron chi connectivity index (χ0n) is 11.9. The van der Waals surface area contributed by atoms with Gasteiger partial charge >= 0.3 is 13.1 Å². The van der Waals surface area contributed by atoms with E-state index >= 15 is 0 Å². The van der Waals surface area contributed by atoms with Gasteiger partial charge in [0.2, 0.25) is 0 Å². The maximum Gasteiger partial charge on any atom is 0.492 e. The zero-order chi connectivity index (χ0) is 15.6. The number of halogens is 1.